The average Bonchev–Trinajstić information content (AvgIpc) is 2.18. The van der Waals surface area contributed by atoms with Gasteiger partial charge in [0.15, 0.2) is 0 Å². The SMILES string of the molecule is CCCCOC(=O)C(I)OC(=O)SCC. The van der Waals surface area contributed by atoms with E-state index in [2.05, 4.69) is 0 Å². The second-order valence-electron chi connectivity index (χ2n) is 2.64. The van der Waals surface area contributed by atoms with Crippen LogP contribution in [0, 0.1) is 0 Å². The average molecular weight is 346 g/mol. The molecule has 0 aromatic carbocycles. The first-order valence-electron chi connectivity index (χ1n) is 4.75. The van der Waals surface area contributed by atoms with Gasteiger partial charge in [-0.1, -0.05) is 20.3 Å². The summed E-state index contributed by atoms with van der Waals surface area (Å²) in [4.78, 5) is 22.3. The number of hydrogen-bond donors (Lipinski definition) is 0. The van der Waals surface area contributed by atoms with Crippen molar-refractivity contribution in [3.05, 3.63) is 0 Å². The zero-order chi connectivity index (χ0) is 11.7. The predicted octanol–water partition coefficient (Wildman–Crippen LogP) is 2.98. The Labute approximate surface area is 108 Å². The topological polar surface area (TPSA) is 52.6 Å². The molecular formula is C9H15IO4S. The highest BCUT2D eigenvalue weighted by molar-refractivity contribution is 14.1. The number of halogens is 1. The first kappa shape index (κ1) is 15.0. The van der Waals surface area contributed by atoms with Crippen LogP contribution in [-0.4, -0.2) is 27.7 Å². The number of thioether (sulfide) groups is 1. The van der Waals surface area contributed by atoms with Gasteiger partial charge in [0.05, 0.1) is 6.61 Å². The van der Waals surface area contributed by atoms with Crippen LogP contribution in [0.3, 0.4) is 0 Å². The van der Waals surface area contributed by atoms with E-state index in [4.69, 9.17) is 9.47 Å². The van der Waals surface area contributed by atoms with Crippen molar-refractivity contribution >= 4 is 45.6 Å². The van der Waals surface area contributed by atoms with Crippen LogP contribution >= 0.6 is 34.4 Å². The van der Waals surface area contributed by atoms with Gasteiger partial charge in [-0.15, -0.1) is 0 Å². The minimum Gasteiger partial charge on any atom is -0.462 e. The van der Waals surface area contributed by atoms with Gasteiger partial charge in [-0.3, -0.25) is 0 Å². The molecule has 0 spiro atoms. The highest BCUT2D eigenvalue weighted by Crippen LogP contribution is 2.12. The smallest absolute Gasteiger partial charge is 0.368 e. The van der Waals surface area contributed by atoms with Crippen molar-refractivity contribution in [3.63, 3.8) is 0 Å². The van der Waals surface area contributed by atoms with Gasteiger partial charge in [-0.05, 0) is 40.8 Å². The highest BCUT2D eigenvalue weighted by atomic mass is 127. The summed E-state index contributed by atoms with van der Waals surface area (Å²) in [5, 5.41) is -0.440. The zero-order valence-corrected chi connectivity index (χ0v) is 11.8. The largest absolute Gasteiger partial charge is 0.462 e. The number of ether oxygens (including phenoxy) is 2. The molecule has 0 amide bonds. The van der Waals surface area contributed by atoms with Crippen LogP contribution < -0.4 is 0 Å². The molecule has 0 aromatic heterocycles. The molecule has 0 saturated carbocycles. The van der Waals surface area contributed by atoms with Crippen LogP contribution in [0.15, 0.2) is 0 Å². The van der Waals surface area contributed by atoms with Crippen LogP contribution in [0.1, 0.15) is 26.7 Å². The Hall–Kier alpha value is 0.0200. The van der Waals surface area contributed by atoms with Gasteiger partial charge in [0.2, 0.25) is 4.11 Å². The van der Waals surface area contributed by atoms with Gasteiger partial charge < -0.3 is 9.47 Å². The number of carbonyl (C=O) groups is 2. The Morgan fingerprint density at radius 2 is 2.07 bits per heavy atom. The Balaban J connectivity index is 3.73. The quantitative estimate of drug-likeness (QED) is 0.320. The predicted molar refractivity (Wildman–Crippen MR) is 68.3 cm³/mol. The van der Waals surface area contributed by atoms with E-state index in [-0.39, 0.29) is 0 Å². The first-order valence-corrected chi connectivity index (χ1v) is 6.99. The van der Waals surface area contributed by atoms with Crippen molar-refractivity contribution < 1.29 is 19.1 Å². The van der Waals surface area contributed by atoms with E-state index < -0.39 is 15.4 Å². The molecule has 0 saturated heterocycles. The van der Waals surface area contributed by atoms with Gasteiger partial charge in [0.25, 0.3) is 0 Å². The molecule has 0 aliphatic rings. The molecule has 88 valence electrons. The molecule has 4 nitrogen and oxygen atoms in total. The number of hydrogen-bond acceptors (Lipinski definition) is 5. The molecular weight excluding hydrogens is 331 g/mol. The molecule has 0 radical (unpaired) electrons. The number of unbranched alkanes of at least 4 members (excludes halogenated alkanes) is 1. The van der Waals surface area contributed by atoms with Crippen molar-refractivity contribution in [1.29, 1.82) is 0 Å². The van der Waals surface area contributed by atoms with E-state index >= 15 is 0 Å². The molecule has 0 heterocycles. The fourth-order valence-electron chi connectivity index (χ4n) is 0.667. The Kier molecular flexibility index (Phi) is 9.27. The molecule has 0 rings (SSSR count). The first-order chi connectivity index (χ1) is 7.11. The molecule has 0 N–H and O–H groups in total. The summed E-state index contributed by atoms with van der Waals surface area (Å²) in [7, 11) is 0. The fourth-order valence-corrected chi connectivity index (χ4v) is 1.65. The summed E-state index contributed by atoms with van der Waals surface area (Å²) in [5.41, 5.74) is 0. The summed E-state index contributed by atoms with van der Waals surface area (Å²) in [6, 6.07) is 0. The van der Waals surface area contributed by atoms with Crippen molar-refractivity contribution in [1.82, 2.24) is 0 Å². The van der Waals surface area contributed by atoms with Crippen molar-refractivity contribution in [2.45, 2.75) is 30.8 Å². The van der Waals surface area contributed by atoms with Gasteiger partial charge in [0.1, 0.15) is 0 Å². The van der Waals surface area contributed by atoms with Crippen LogP contribution in [0.2, 0.25) is 0 Å². The number of rotatable bonds is 6. The van der Waals surface area contributed by atoms with E-state index in [1.54, 1.807) is 22.6 Å². The van der Waals surface area contributed by atoms with Crippen molar-refractivity contribution in [3.8, 4) is 0 Å². The molecule has 0 fully saturated rings. The third kappa shape index (κ3) is 7.89. The third-order valence-corrected chi connectivity index (χ3v) is 2.77. The number of alkyl halides is 1. The summed E-state index contributed by atoms with van der Waals surface area (Å²) >= 11 is 2.77. The molecule has 15 heavy (non-hydrogen) atoms. The van der Waals surface area contributed by atoms with Gasteiger partial charge in [0, 0.05) is 5.75 Å². The minimum absolute atomic E-state index is 0.382. The van der Waals surface area contributed by atoms with Crippen LogP contribution in [0.4, 0.5) is 4.79 Å². The zero-order valence-electron chi connectivity index (χ0n) is 8.82. The van der Waals surface area contributed by atoms with Crippen LogP contribution in [0.5, 0.6) is 0 Å². The molecule has 0 aliphatic carbocycles. The summed E-state index contributed by atoms with van der Waals surface area (Å²) in [6.45, 7) is 4.23. The minimum atomic E-state index is -0.842. The van der Waals surface area contributed by atoms with Crippen molar-refractivity contribution in [2.75, 3.05) is 12.4 Å². The molecule has 1 atom stereocenters. The third-order valence-electron chi connectivity index (χ3n) is 1.39. The van der Waals surface area contributed by atoms with E-state index in [1.165, 1.54) is 0 Å². The molecule has 1 unspecified atom stereocenters. The lowest BCUT2D eigenvalue weighted by Crippen LogP contribution is -2.22. The van der Waals surface area contributed by atoms with Gasteiger partial charge in [-0.2, -0.15) is 0 Å². The highest BCUT2D eigenvalue weighted by Gasteiger charge is 2.20. The summed E-state index contributed by atoms with van der Waals surface area (Å²) < 4.78 is 8.87. The van der Waals surface area contributed by atoms with Gasteiger partial charge >= 0.3 is 11.3 Å². The summed E-state index contributed by atoms with van der Waals surface area (Å²) in [6.07, 6.45) is 1.79. The Bertz CT molecular complexity index is 210. The second kappa shape index (κ2) is 9.26. The monoisotopic (exact) mass is 346 g/mol. The maximum absolute atomic E-state index is 11.2. The van der Waals surface area contributed by atoms with Crippen LogP contribution in [0.25, 0.3) is 0 Å². The summed E-state index contributed by atoms with van der Waals surface area (Å²) in [5.74, 6) is 0.140. The lowest BCUT2D eigenvalue weighted by molar-refractivity contribution is -0.147. The lowest BCUT2D eigenvalue weighted by Gasteiger charge is -2.10. The van der Waals surface area contributed by atoms with E-state index in [0.29, 0.717) is 12.4 Å². The van der Waals surface area contributed by atoms with E-state index in [9.17, 15) is 9.59 Å². The molecule has 6 heteroatoms. The molecule has 0 aliphatic heterocycles. The van der Waals surface area contributed by atoms with E-state index in [1.807, 2.05) is 13.8 Å². The normalized spacial score (nSPS) is 11.9. The Morgan fingerprint density at radius 1 is 1.40 bits per heavy atom. The molecule has 0 bridgehead atoms. The number of carbonyl (C=O) groups excluding carboxylic acids is 2. The van der Waals surface area contributed by atoms with E-state index in [0.717, 1.165) is 24.6 Å². The van der Waals surface area contributed by atoms with Gasteiger partial charge in [-0.25, -0.2) is 9.59 Å². The molecule has 0 aromatic rings. The van der Waals surface area contributed by atoms with Crippen molar-refractivity contribution in [2.24, 2.45) is 0 Å². The number of esters is 1. The lowest BCUT2D eigenvalue weighted by atomic mass is 10.4. The maximum atomic E-state index is 11.2. The standard InChI is InChI=1S/C9H15IO4S/c1-3-5-6-13-8(11)7(10)14-9(12)15-4-2/h7H,3-6H2,1-2H3. The second-order valence-corrected chi connectivity index (χ2v) is 4.97. The Morgan fingerprint density at radius 3 is 2.60 bits per heavy atom. The maximum Gasteiger partial charge on any atom is 0.368 e. The fraction of sp³-hybridized carbons (Fsp3) is 0.778. The van der Waals surface area contributed by atoms with Crippen LogP contribution in [-0.2, 0) is 14.3 Å².